The molecule has 4 heteroatoms. The number of aryl methyl sites for hydroxylation is 1. The van der Waals surface area contributed by atoms with E-state index in [0.29, 0.717) is 16.7 Å². The average molecular weight is 186 g/mol. The van der Waals surface area contributed by atoms with E-state index in [9.17, 15) is 4.39 Å². The Kier molecular flexibility index (Phi) is 1.54. The van der Waals surface area contributed by atoms with Crippen LogP contribution in [0.5, 0.6) is 0 Å². The summed E-state index contributed by atoms with van der Waals surface area (Å²) in [6.45, 7) is 1.61. The number of hydrogen-bond donors (Lipinski definition) is 0. The highest BCUT2D eigenvalue weighted by Gasteiger charge is 2.11. The number of rotatable bonds is 0. The molecule has 2 aromatic rings. The molecule has 2 nitrogen and oxygen atoms in total. The van der Waals surface area contributed by atoms with Crippen molar-refractivity contribution in [2.24, 2.45) is 0 Å². The normalized spacial score (nSPS) is 10.9. The summed E-state index contributed by atoms with van der Waals surface area (Å²) < 4.78 is 18.1. The Morgan fingerprint density at radius 2 is 2.33 bits per heavy atom. The maximum atomic E-state index is 13.1. The zero-order chi connectivity index (χ0) is 8.72. The van der Waals surface area contributed by atoms with E-state index in [2.05, 4.69) is 4.98 Å². The number of pyridine rings is 1. The van der Waals surface area contributed by atoms with Crippen molar-refractivity contribution in [2.45, 2.75) is 6.92 Å². The van der Waals surface area contributed by atoms with Gasteiger partial charge in [-0.1, -0.05) is 11.6 Å². The quantitative estimate of drug-likeness (QED) is 0.590. The first-order valence-electron chi connectivity index (χ1n) is 3.39. The van der Waals surface area contributed by atoms with Gasteiger partial charge in [-0.25, -0.2) is 9.37 Å². The van der Waals surface area contributed by atoms with Crippen molar-refractivity contribution >= 4 is 22.7 Å². The number of aromatic nitrogens is 1. The van der Waals surface area contributed by atoms with Crippen LogP contribution in [0.15, 0.2) is 16.7 Å². The predicted octanol–water partition coefficient (Wildman–Crippen LogP) is 2.93. The second kappa shape index (κ2) is 2.45. The van der Waals surface area contributed by atoms with Gasteiger partial charge in [0.1, 0.15) is 5.52 Å². The van der Waals surface area contributed by atoms with E-state index in [1.54, 1.807) is 13.0 Å². The molecule has 0 bridgehead atoms. The number of fused-ring (bicyclic) bond motifs is 1. The lowest BCUT2D eigenvalue weighted by atomic mass is 10.2. The topological polar surface area (TPSA) is 26.0 Å². The van der Waals surface area contributed by atoms with Gasteiger partial charge < -0.3 is 4.42 Å². The number of halogens is 2. The van der Waals surface area contributed by atoms with Crippen LogP contribution < -0.4 is 0 Å². The second-order valence-electron chi connectivity index (χ2n) is 2.48. The summed E-state index contributed by atoms with van der Waals surface area (Å²) in [6, 6.07) is 1.65. The molecule has 0 aliphatic heterocycles. The molecule has 0 aliphatic carbocycles. The van der Waals surface area contributed by atoms with E-state index >= 15 is 0 Å². The highest BCUT2D eigenvalue weighted by molar-refractivity contribution is 6.30. The molecule has 0 unspecified atom stereocenters. The minimum Gasteiger partial charge on any atom is -0.462 e. The van der Waals surface area contributed by atoms with Gasteiger partial charge in [0.05, 0.1) is 6.26 Å². The van der Waals surface area contributed by atoms with E-state index in [-0.39, 0.29) is 5.15 Å². The molecule has 0 aromatic carbocycles. The van der Waals surface area contributed by atoms with Crippen molar-refractivity contribution < 1.29 is 8.81 Å². The van der Waals surface area contributed by atoms with Gasteiger partial charge in [-0.3, -0.25) is 0 Å². The van der Waals surface area contributed by atoms with Crippen molar-refractivity contribution in [1.29, 1.82) is 0 Å². The molecule has 0 saturated heterocycles. The van der Waals surface area contributed by atoms with Crippen LogP contribution in [0.25, 0.3) is 11.1 Å². The monoisotopic (exact) mass is 185 g/mol. The Hall–Kier alpha value is -1.09. The van der Waals surface area contributed by atoms with Gasteiger partial charge in [0, 0.05) is 11.6 Å². The zero-order valence-electron chi connectivity index (χ0n) is 6.27. The highest BCUT2D eigenvalue weighted by Crippen LogP contribution is 2.24. The minimum absolute atomic E-state index is 0.110. The molecule has 0 amide bonds. The van der Waals surface area contributed by atoms with E-state index in [1.807, 2.05) is 0 Å². The van der Waals surface area contributed by atoms with Crippen molar-refractivity contribution in [3.8, 4) is 0 Å². The fourth-order valence-electron chi connectivity index (χ4n) is 1.08. The summed E-state index contributed by atoms with van der Waals surface area (Å²) in [5.74, 6) is -0.515. The molecule has 62 valence electrons. The standard InChI is InChI=1S/C8H5ClFNO/c1-4-6(10)8(9)11-5-2-3-12-7(4)5/h2-3H,1H3. The molecule has 0 radical (unpaired) electrons. The van der Waals surface area contributed by atoms with Gasteiger partial charge in [-0.2, -0.15) is 0 Å². The summed E-state index contributed by atoms with van der Waals surface area (Å²) in [4.78, 5) is 3.79. The van der Waals surface area contributed by atoms with Crippen molar-refractivity contribution in [3.05, 3.63) is 28.9 Å². The number of hydrogen-bond acceptors (Lipinski definition) is 2. The van der Waals surface area contributed by atoms with Crippen molar-refractivity contribution in [1.82, 2.24) is 4.98 Å². The van der Waals surface area contributed by atoms with Crippen LogP contribution in [0.4, 0.5) is 4.39 Å². The Labute approximate surface area is 73.0 Å². The molecule has 0 saturated carbocycles. The molecule has 12 heavy (non-hydrogen) atoms. The molecular formula is C8H5ClFNO. The Morgan fingerprint density at radius 3 is 3.08 bits per heavy atom. The minimum atomic E-state index is -0.515. The second-order valence-corrected chi connectivity index (χ2v) is 2.83. The van der Waals surface area contributed by atoms with Crippen LogP contribution in [0, 0.1) is 12.7 Å². The maximum absolute atomic E-state index is 13.1. The molecule has 2 aromatic heterocycles. The first kappa shape index (κ1) is 7.55. The van der Waals surface area contributed by atoms with E-state index in [1.165, 1.54) is 6.26 Å². The number of furan rings is 1. The first-order valence-corrected chi connectivity index (χ1v) is 3.76. The van der Waals surface area contributed by atoms with Gasteiger partial charge in [0.15, 0.2) is 16.6 Å². The lowest BCUT2D eigenvalue weighted by Gasteiger charge is -1.97. The third kappa shape index (κ3) is 0.898. The zero-order valence-corrected chi connectivity index (χ0v) is 7.02. The van der Waals surface area contributed by atoms with Crippen LogP contribution >= 0.6 is 11.6 Å². The van der Waals surface area contributed by atoms with Crippen LogP contribution in [0.1, 0.15) is 5.56 Å². The fraction of sp³-hybridized carbons (Fsp3) is 0.125. The fourth-order valence-corrected chi connectivity index (χ4v) is 1.31. The van der Waals surface area contributed by atoms with Gasteiger partial charge in [0.2, 0.25) is 0 Å². The number of nitrogens with zero attached hydrogens (tertiary/aromatic N) is 1. The molecule has 2 rings (SSSR count). The molecule has 0 N–H and O–H groups in total. The molecule has 2 heterocycles. The lowest BCUT2D eigenvalue weighted by Crippen LogP contribution is -1.88. The Balaban J connectivity index is 2.94. The van der Waals surface area contributed by atoms with Crippen LogP contribution in [0.3, 0.4) is 0 Å². The van der Waals surface area contributed by atoms with Gasteiger partial charge in [0.25, 0.3) is 0 Å². The van der Waals surface area contributed by atoms with Gasteiger partial charge >= 0.3 is 0 Å². The molecule has 0 aliphatic rings. The van der Waals surface area contributed by atoms with E-state index < -0.39 is 5.82 Å². The SMILES string of the molecule is Cc1c(F)c(Cl)nc2ccoc12. The summed E-state index contributed by atoms with van der Waals surface area (Å²) >= 11 is 5.52. The molecule has 0 atom stereocenters. The predicted molar refractivity (Wildman–Crippen MR) is 43.7 cm³/mol. The van der Waals surface area contributed by atoms with Crippen LogP contribution in [0.2, 0.25) is 5.15 Å². The first-order chi connectivity index (χ1) is 5.70. The smallest absolute Gasteiger partial charge is 0.167 e. The van der Waals surface area contributed by atoms with Gasteiger partial charge in [-0.15, -0.1) is 0 Å². The summed E-state index contributed by atoms with van der Waals surface area (Å²) in [5, 5.41) is -0.110. The van der Waals surface area contributed by atoms with Gasteiger partial charge in [-0.05, 0) is 6.92 Å². The Morgan fingerprint density at radius 1 is 1.58 bits per heavy atom. The highest BCUT2D eigenvalue weighted by atomic mass is 35.5. The molecular weight excluding hydrogens is 181 g/mol. The molecule has 0 fully saturated rings. The summed E-state index contributed by atoms with van der Waals surface area (Å²) in [7, 11) is 0. The summed E-state index contributed by atoms with van der Waals surface area (Å²) in [5.41, 5.74) is 1.44. The molecule has 0 spiro atoms. The van der Waals surface area contributed by atoms with Crippen LogP contribution in [-0.4, -0.2) is 4.98 Å². The van der Waals surface area contributed by atoms with E-state index in [0.717, 1.165) is 0 Å². The largest absolute Gasteiger partial charge is 0.462 e. The van der Waals surface area contributed by atoms with Crippen LogP contribution in [-0.2, 0) is 0 Å². The average Bonchev–Trinajstić information content (AvgIpc) is 2.48. The van der Waals surface area contributed by atoms with Crippen molar-refractivity contribution in [3.63, 3.8) is 0 Å². The Bertz CT molecular complexity index is 438. The maximum Gasteiger partial charge on any atom is 0.167 e. The lowest BCUT2D eigenvalue weighted by molar-refractivity contribution is 0.586. The third-order valence-electron chi connectivity index (χ3n) is 1.71. The van der Waals surface area contributed by atoms with E-state index in [4.69, 9.17) is 16.0 Å². The third-order valence-corrected chi connectivity index (χ3v) is 1.96. The van der Waals surface area contributed by atoms with Crippen molar-refractivity contribution in [2.75, 3.05) is 0 Å². The summed E-state index contributed by atoms with van der Waals surface area (Å²) in [6.07, 6.45) is 1.46.